The summed E-state index contributed by atoms with van der Waals surface area (Å²) in [5.74, 6) is -0.465. The fraction of sp³-hybridized carbons (Fsp3) is 0.533. The summed E-state index contributed by atoms with van der Waals surface area (Å²) in [5, 5.41) is 0.330. The topological polar surface area (TPSA) is 46.3 Å². The highest BCUT2D eigenvalue weighted by molar-refractivity contribution is 6.31. The highest BCUT2D eigenvalue weighted by Gasteiger charge is 2.35. The molecule has 0 atom stereocenters. The van der Waals surface area contributed by atoms with Crippen LogP contribution in [0, 0.1) is 11.2 Å². The maximum absolute atomic E-state index is 13.8. The molecule has 1 aromatic rings. The first-order chi connectivity index (χ1) is 9.41. The SMILES string of the molecule is CCC(CC)(CN)C(=O)N(C)Cc1c(F)cccc1Cl. The molecule has 20 heavy (non-hydrogen) atoms. The number of benzene rings is 1. The molecule has 0 bridgehead atoms. The van der Waals surface area contributed by atoms with Crippen molar-refractivity contribution in [2.24, 2.45) is 11.1 Å². The normalized spacial score (nSPS) is 11.5. The molecule has 0 saturated carbocycles. The van der Waals surface area contributed by atoms with E-state index in [1.807, 2.05) is 13.8 Å². The van der Waals surface area contributed by atoms with E-state index >= 15 is 0 Å². The maximum Gasteiger partial charge on any atom is 0.230 e. The van der Waals surface area contributed by atoms with E-state index in [0.717, 1.165) is 0 Å². The Morgan fingerprint density at radius 2 is 2.00 bits per heavy atom. The molecular formula is C15H22ClFN2O. The highest BCUT2D eigenvalue weighted by Crippen LogP contribution is 2.29. The van der Waals surface area contributed by atoms with Gasteiger partial charge in [-0.3, -0.25) is 4.79 Å². The summed E-state index contributed by atoms with van der Waals surface area (Å²) in [6.07, 6.45) is 1.32. The van der Waals surface area contributed by atoms with Crippen LogP contribution in [-0.2, 0) is 11.3 Å². The molecule has 112 valence electrons. The van der Waals surface area contributed by atoms with Crippen LogP contribution in [0.15, 0.2) is 18.2 Å². The Balaban J connectivity index is 2.96. The molecule has 1 amide bonds. The number of carbonyl (C=O) groups is 1. The van der Waals surface area contributed by atoms with Crippen LogP contribution in [0.4, 0.5) is 4.39 Å². The van der Waals surface area contributed by atoms with E-state index in [-0.39, 0.29) is 19.0 Å². The van der Waals surface area contributed by atoms with E-state index in [1.165, 1.54) is 11.0 Å². The number of hydrogen-bond donors (Lipinski definition) is 1. The van der Waals surface area contributed by atoms with E-state index in [1.54, 1.807) is 19.2 Å². The average Bonchev–Trinajstić information content (AvgIpc) is 2.45. The van der Waals surface area contributed by atoms with Crippen molar-refractivity contribution in [3.8, 4) is 0 Å². The van der Waals surface area contributed by atoms with Crippen LogP contribution in [0.1, 0.15) is 32.3 Å². The zero-order chi connectivity index (χ0) is 15.3. The lowest BCUT2D eigenvalue weighted by molar-refractivity contribution is -0.141. The summed E-state index contributed by atoms with van der Waals surface area (Å²) in [6.45, 7) is 4.32. The minimum absolute atomic E-state index is 0.0654. The van der Waals surface area contributed by atoms with Gasteiger partial charge < -0.3 is 10.6 Å². The molecule has 0 heterocycles. The number of hydrogen-bond acceptors (Lipinski definition) is 2. The zero-order valence-electron chi connectivity index (χ0n) is 12.2. The fourth-order valence-electron chi connectivity index (χ4n) is 2.33. The standard InChI is InChI=1S/C15H22ClFN2O/c1-4-15(5-2,10-18)14(20)19(3)9-11-12(16)7-6-8-13(11)17/h6-8H,4-5,9-10,18H2,1-3H3. The van der Waals surface area contributed by atoms with Crippen molar-refractivity contribution >= 4 is 17.5 Å². The largest absolute Gasteiger partial charge is 0.341 e. The Kier molecular flexibility index (Phi) is 5.96. The Labute approximate surface area is 124 Å². The number of nitrogens with two attached hydrogens (primary N) is 1. The molecule has 0 aliphatic heterocycles. The molecule has 0 spiro atoms. The van der Waals surface area contributed by atoms with E-state index in [2.05, 4.69) is 0 Å². The van der Waals surface area contributed by atoms with Crippen LogP contribution in [0.5, 0.6) is 0 Å². The lowest BCUT2D eigenvalue weighted by Crippen LogP contribution is -2.45. The van der Waals surface area contributed by atoms with Crippen LogP contribution in [0.3, 0.4) is 0 Å². The third-order valence-corrected chi connectivity index (χ3v) is 4.36. The van der Waals surface area contributed by atoms with Gasteiger partial charge in [0.1, 0.15) is 5.82 Å². The molecule has 2 N–H and O–H groups in total. The lowest BCUT2D eigenvalue weighted by Gasteiger charge is -2.33. The van der Waals surface area contributed by atoms with Gasteiger partial charge in [0.15, 0.2) is 0 Å². The summed E-state index contributed by atoms with van der Waals surface area (Å²) < 4.78 is 13.8. The first kappa shape index (κ1) is 16.9. The second-order valence-electron chi connectivity index (χ2n) is 5.05. The van der Waals surface area contributed by atoms with Crippen LogP contribution in [0.2, 0.25) is 5.02 Å². The Morgan fingerprint density at radius 1 is 1.40 bits per heavy atom. The quantitative estimate of drug-likeness (QED) is 0.877. The van der Waals surface area contributed by atoms with Gasteiger partial charge in [-0.25, -0.2) is 4.39 Å². The minimum atomic E-state index is -0.577. The van der Waals surface area contributed by atoms with Gasteiger partial charge in [-0.05, 0) is 25.0 Å². The molecule has 0 aromatic heterocycles. The summed E-state index contributed by atoms with van der Waals surface area (Å²) in [5.41, 5.74) is 5.53. The second kappa shape index (κ2) is 7.04. The van der Waals surface area contributed by atoms with Crippen molar-refractivity contribution in [3.63, 3.8) is 0 Å². The Hall–Kier alpha value is -1.13. The lowest BCUT2D eigenvalue weighted by atomic mass is 9.81. The molecule has 5 heteroatoms. The van der Waals surface area contributed by atoms with Gasteiger partial charge in [0, 0.05) is 30.7 Å². The first-order valence-corrected chi connectivity index (χ1v) is 7.18. The predicted octanol–water partition coefficient (Wildman–Crippen LogP) is 3.20. The molecule has 0 radical (unpaired) electrons. The van der Waals surface area contributed by atoms with Crippen molar-refractivity contribution < 1.29 is 9.18 Å². The zero-order valence-corrected chi connectivity index (χ0v) is 13.0. The van der Waals surface area contributed by atoms with Crippen molar-refractivity contribution in [2.45, 2.75) is 33.2 Å². The van der Waals surface area contributed by atoms with Crippen molar-refractivity contribution in [1.82, 2.24) is 4.90 Å². The van der Waals surface area contributed by atoms with Crippen LogP contribution < -0.4 is 5.73 Å². The van der Waals surface area contributed by atoms with Gasteiger partial charge in [-0.15, -0.1) is 0 Å². The van der Waals surface area contributed by atoms with E-state index in [4.69, 9.17) is 17.3 Å². The molecule has 1 aromatic carbocycles. The molecule has 0 unspecified atom stereocenters. The van der Waals surface area contributed by atoms with Gasteiger partial charge >= 0.3 is 0 Å². The van der Waals surface area contributed by atoms with E-state index in [0.29, 0.717) is 23.4 Å². The molecule has 0 saturated heterocycles. The van der Waals surface area contributed by atoms with Gasteiger partial charge in [-0.1, -0.05) is 31.5 Å². The van der Waals surface area contributed by atoms with Gasteiger partial charge in [-0.2, -0.15) is 0 Å². The molecule has 1 rings (SSSR count). The molecule has 0 aliphatic rings. The predicted molar refractivity (Wildman–Crippen MR) is 80.0 cm³/mol. The van der Waals surface area contributed by atoms with Gasteiger partial charge in [0.2, 0.25) is 5.91 Å². The van der Waals surface area contributed by atoms with Crippen molar-refractivity contribution in [2.75, 3.05) is 13.6 Å². The van der Waals surface area contributed by atoms with E-state index in [9.17, 15) is 9.18 Å². The van der Waals surface area contributed by atoms with Crippen LogP contribution >= 0.6 is 11.6 Å². The van der Waals surface area contributed by atoms with Crippen molar-refractivity contribution in [3.05, 3.63) is 34.6 Å². The third kappa shape index (κ3) is 3.30. The number of amides is 1. The summed E-state index contributed by atoms with van der Waals surface area (Å²) in [7, 11) is 1.65. The number of rotatable bonds is 6. The number of halogens is 2. The van der Waals surface area contributed by atoms with Gasteiger partial charge in [0.05, 0.1) is 5.41 Å². The second-order valence-corrected chi connectivity index (χ2v) is 5.46. The first-order valence-electron chi connectivity index (χ1n) is 6.80. The van der Waals surface area contributed by atoms with Crippen molar-refractivity contribution in [1.29, 1.82) is 0 Å². The number of carbonyl (C=O) groups excluding carboxylic acids is 1. The highest BCUT2D eigenvalue weighted by atomic mass is 35.5. The maximum atomic E-state index is 13.8. The summed E-state index contributed by atoms with van der Waals surface area (Å²) in [6, 6.07) is 4.51. The summed E-state index contributed by atoms with van der Waals surface area (Å²) in [4.78, 5) is 14.1. The Bertz CT molecular complexity index is 446. The molecule has 0 fully saturated rings. The number of nitrogens with zero attached hydrogens (tertiary/aromatic N) is 1. The molecule has 3 nitrogen and oxygen atoms in total. The third-order valence-electron chi connectivity index (χ3n) is 4.00. The Morgan fingerprint density at radius 3 is 2.45 bits per heavy atom. The molecular weight excluding hydrogens is 279 g/mol. The smallest absolute Gasteiger partial charge is 0.230 e. The average molecular weight is 301 g/mol. The van der Waals surface area contributed by atoms with Crippen LogP contribution in [0.25, 0.3) is 0 Å². The minimum Gasteiger partial charge on any atom is -0.341 e. The van der Waals surface area contributed by atoms with Crippen LogP contribution in [-0.4, -0.2) is 24.4 Å². The van der Waals surface area contributed by atoms with E-state index < -0.39 is 11.2 Å². The fourth-order valence-corrected chi connectivity index (χ4v) is 2.55. The van der Waals surface area contributed by atoms with Gasteiger partial charge in [0.25, 0.3) is 0 Å². The summed E-state index contributed by atoms with van der Waals surface area (Å²) >= 11 is 5.99. The molecule has 0 aliphatic carbocycles. The monoisotopic (exact) mass is 300 g/mol.